The highest BCUT2D eigenvalue weighted by atomic mass is 31.0. The normalized spacial score (nSPS) is 18.4. The topological polar surface area (TPSA) is 138 Å². The zero-order chi connectivity index (χ0) is 11.4. The predicted molar refractivity (Wildman–Crippen MR) is 60.3 cm³/mol. The first kappa shape index (κ1) is 13.1. The van der Waals surface area contributed by atoms with Gasteiger partial charge in [0.25, 0.3) is 0 Å². The zero-order valence-corrected chi connectivity index (χ0v) is 9.42. The Morgan fingerprint density at radius 3 is 2.29 bits per heavy atom. The fraction of sp³-hybridized carbons (Fsp3) is 0.667. The molecule has 0 saturated heterocycles. The number of rotatable bonds is 3. The Labute approximate surface area is 85.2 Å². The summed E-state index contributed by atoms with van der Waals surface area (Å²) < 4.78 is 4.94. The summed E-state index contributed by atoms with van der Waals surface area (Å²) in [6.45, 7) is 3.40. The van der Waals surface area contributed by atoms with E-state index in [1.165, 1.54) is 0 Å². The van der Waals surface area contributed by atoms with Gasteiger partial charge in [-0.3, -0.25) is 0 Å². The predicted octanol–water partition coefficient (Wildman–Crippen LogP) is -1.56. The van der Waals surface area contributed by atoms with Gasteiger partial charge in [0.1, 0.15) is 5.66 Å². The Morgan fingerprint density at radius 2 is 1.93 bits per heavy atom. The Balaban J connectivity index is 4.70. The standard InChI is InChI=1S/C6H17N6OP/c1-3(13-14)6(2,10)12-5(9)11-4(7)8/h3H,10,14H2,1-2H3,(H6,7,8,9,11,12). The van der Waals surface area contributed by atoms with E-state index in [2.05, 4.69) is 19.5 Å². The maximum atomic E-state index is 5.79. The molecule has 0 radical (unpaired) electrons. The minimum absolute atomic E-state index is 0.0797. The lowest BCUT2D eigenvalue weighted by Gasteiger charge is -2.25. The Morgan fingerprint density at radius 1 is 1.43 bits per heavy atom. The van der Waals surface area contributed by atoms with E-state index in [1.807, 2.05) is 0 Å². The first-order chi connectivity index (χ1) is 6.29. The minimum Gasteiger partial charge on any atom is -0.370 e. The molecule has 0 fully saturated rings. The van der Waals surface area contributed by atoms with Crippen molar-refractivity contribution in [3.05, 3.63) is 0 Å². The molecule has 7 nitrogen and oxygen atoms in total. The molecule has 0 saturated carbocycles. The van der Waals surface area contributed by atoms with Crippen molar-refractivity contribution in [2.75, 3.05) is 0 Å². The van der Waals surface area contributed by atoms with Crippen LogP contribution < -0.4 is 22.9 Å². The lowest BCUT2D eigenvalue weighted by atomic mass is 10.1. The fourth-order valence-corrected chi connectivity index (χ4v) is 0.908. The molecule has 0 aromatic carbocycles. The molecule has 0 aromatic heterocycles. The van der Waals surface area contributed by atoms with Gasteiger partial charge in [-0.1, -0.05) is 0 Å². The maximum Gasteiger partial charge on any atom is 0.220 e. The summed E-state index contributed by atoms with van der Waals surface area (Å²) in [6, 6.07) is 0. The molecule has 14 heavy (non-hydrogen) atoms. The van der Waals surface area contributed by atoms with E-state index in [9.17, 15) is 0 Å². The van der Waals surface area contributed by atoms with Gasteiger partial charge in [0, 0.05) is 9.47 Å². The van der Waals surface area contributed by atoms with Crippen molar-refractivity contribution >= 4 is 21.4 Å². The van der Waals surface area contributed by atoms with E-state index in [0.29, 0.717) is 0 Å². The van der Waals surface area contributed by atoms with E-state index in [0.717, 1.165) is 0 Å². The molecule has 0 bridgehead atoms. The monoisotopic (exact) mass is 220 g/mol. The highest BCUT2D eigenvalue weighted by Gasteiger charge is 2.26. The third-order valence-corrected chi connectivity index (χ3v) is 2.03. The molecule has 8 N–H and O–H groups in total. The van der Waals surface area contributed by atoms with E-state index in [4.69, 9.17) is 27.5 Å². The first-order valence-corrected chi connectivity index (χ1v) is 4.36. The van der Waals surface area contributed by atoms with Gasteiger partial charge in [-0.2, -0.15) is 4.99 Å². The summed E-state index contributed by atoms with van der Waals surface area (Å²) in [5.74, 6) is -0.245. The minimum atomic E-state index is -0.981. The van der Waals surface area contributed by atoms with Crippen molar-refractivity contribution in [1.82, 2.24) is 0 Å². The van der Waals surface area contributed by atoms with Crippen LogP contribution in [-0.2, 0) is 4.52 Å². The Kier molecular flexibility index (Phi) is 4.76. The molecular formula is C6H17N6OP. The smallest absolute Gasteiger partial charge is 0.220 e. The summed E-state index contributed by atoms with van der Waals surface area (Å²) in [6.07, 6.45) is -0.333. The van der Waals surface area contributed by atoms with Gasteiger partial charge >= 0.3 is 0 Å². The van der Waals surface area contributed by atoms with Crippen LogP contribution in [-0.4, -0.2) is 23.7 Å². The van der Waals surface area contributed by atoms with Crippen LogP contribution in [0.1, 0.15) is 13.8 Å². The molecule has 0 spiro atoms. The van der Waals surface area contributed by atoms with Gasteiger partial charge < -0.3 is 27.5 Å². The zero-order valence-electron chi connectivity index (χ0n) is 8.27. The maximum absolute atomic E-state index is 5.79. The average molecular weight is 220 g/mol. The van der Waals surface area contributed by atoms with Crippen LogP contribution in [0.5, 0.6) is 0 Å². The largest absolute Gasteiger partial charge is 0.370 e. The molecular weight excluding hydrogens is 203 g/mol. The molecule has 0 heterocycles. The van der Waals surface area contributed by atoms with E-state index in [-0.39, 0.29) is 18.0 Å². The Hall–Kier alpha value is -0.910. The highest BCUT2D eigenvalue weighted by molar-refractivity contribution is 7.09. The number of hydrogen-bond donors (Lipinski definition) is 4. The number of nitrogens with zero attached hydrogens (tertiary/aromatic N) is 2. The lowest BCUT2D eigenvalue weighted by Crippen LogP contribution is -2.46. The van der Waals surface area contributed by atoms with Crippen molar-refractivity contribution in [2.45, 2.75) is 25.6 Å². The number of nitrogens with two attached hydrogens (primary N) is 4. The van der Waals surface area contributed by atoms with Gasteiger partial charge in [0.2, 0.25) is 5.96 Å². The summed E-state index contributed by atoms with van der Waals surface area (Å²) in [4.78, 5) is 7.44. The van der Waals surface area contributed by atoms with Gasteiger partial charge in [-0.25, -0.2) is 4.99 Å². The molecule has 82 valence electrons. The SMILES string of the molecule is CC(OP)C(C)(N)/N=C(/N)N=C(N)N. The van der Waals surface area contributed by atoms with Gasteiger partial charge in [-0.15, -0.1) is 0 Å². The number of hydrogen-bond acceptors (Lipinski definition) is 3. The van der Waals surface area contributed by atoms with E-state index < -0.39 is 5.66 Å². The van der Waals surface area contributed by atoms with Crippen LogP contribution in [0.25, 0.3) is 0 Å². The first-order valence-electron chi connectivity index (χ1n) is 3.89. The molecule has 0 aromatic rings. The van der Waals surface area contributed by atoms with E-state index in [1.54, 1.807) is 13.8 Å². The summed E-state index contributed by atoms with van der Waals surface area (Å²) in [7, 11) is 2.10. The molecule has 0 rings (SSSR count). The Bertz CT molecular complexity index is 247. The highest BCUT2D eigenvalue weighted by Crippen LogP contribution is 2.14. The third kappa shape index (κ3) is 4.36. The summed E-state index contributed by atoms with van der Waals surface area (Å²) >= 11 is 0. The molecule has 3 unspecified atom stereocenters. The second-order valence-corrected chi connectivity index (χ2v) is 3.28. The van der Waals surface area contributed by atoms with E-state index >= 15 is 0 Å². The van der Waals surface area contributed by atoms with Crippen molar-refractivity contribution in [1.29, 1.82) is 0 Å². The molecule has 0 amide bonds. The second kappa shape index (κ2) is 5.09. The molecule has 0 aliphatic carbocycles. The van der Waals surface area contributed by atoms with Gasteiger partial charge in [0.15, 0.2) is 5.96 Å². The van der Waals surface area contributed by atoms with Crippen molar-refractivity contribution < 1.29 is 4.52 Å². The fourth-order valence-electron chi connectivity index (χ4n) is 0.633. The van der Waals surface area contributed by atoms with Crippen LogP contribution in [0.2, 0.25) is 0 Å². The van der Waals surface area contributed by atoms with Crippen molar-refractivity contribution in [3.8, 4) is 0 Å². The lowest BCUT2D eigenvalue weighted by molar-refractivity contribution is 0.167. The number of guanidine groups is 2. The molecule has 0 aliphatic heterocycles. The third-order valence-electron chi connectivity index (χ3n) is 1.63. The van der Waals surface area contributed by atoms with Crippen LogP contribution in [0.4, 0.5) is 0 Å². The van der Waals surface area contributed by atoms with Crippen LogP contribution >= 0.6 is 9.47 Å². The van der Waals surface area contributed by atoms with Crippen LogP contribution in [0.3, 0.4) is 0 Å². The van der Waals surface area contributed by atoms with Crippen molar-refractivity contribution in [3.63, 3.8) is 0 Å². The summed E-state index contributed by atoms with van der Waals surface area (Å²) in [5, 5.41) is 0. The number of aliphatic imine (C=N–C) groups is 2. The van der Waals surface area contributed by atoms with Crippen LogP contribution in [0.15, 0.2) is 9.98 Å². The molecule has 0 aliphatic rings. The van der Waals surface area contributed by atoms with Gasteiger partial charge in [-0.05, 0) is 13.8 Å². The second-order valence-electron chi connectivity index (χ2n) is 3.01. The quantitative estimate of drug-likeness (QED) is 0.259. The van der Waals surface area contributed by atoms with Crippen LogP contribution in [0, 0.1) is 0 Å². The molecule has 3 atom stereocenters. The van der Waals surface area contributed by atoms with Gasteiger partial charge in [0.05, 0.1) is 6.10 Å². The summed E-state index contributed by atoms with van der Waals surface area (Å²) in [5.41, 5.74) is 20.4. The average Bonchev–Trinajstić information content (AvgIpc) is 1.99. The molecule has 8 heteroatoms. The van der Waals surface area contributed by atoms with Crippen molar-refractivity contribution in [2.24, 2.45) is 32.9 Å².